The van der Waals surface area contributed by atoms with Crippen molar-refractivity contribution in [1.82, 2.24) is 24.8 Å². The maximum absolute atomic E-state index is 12.4. The predicted octanol–water partition coefficient (Wildman–Crippen LogP) is 2.94. The summed E-state index contributed by atoms with van der Waals surface area (Å²) < 4.78 is 5.22. The number of likely N-dealkylation sites (tertiary alicyclic amines) is 1. The molecule has 1 N–H and O–H groups in total. The molecule has 8 heteroatoms. The number of carbonyl (C=O) groups excluding carboxylic acids is 1. The molecule has 1 atom stereocenters. The van der Waals surface area contributed by atoms with E-state index in [1.165, 1.54) is 0 Å². The van der Waals surface area contributed by atoms with Crippen LogP contribution in [-0.4, -0.2) is 43.8 Å². The summed E-state index contributed by atoms with van der Waals surface area (Å²) in [6.07, 6.45) is 10.6. The van der Waals surface area contributed by atoms with Crippen LogP contribution in [-0.2, 0) is 4.79 Å². The number of aromatic nitrogens is 4. The predicted molar refractivity (Wildman–Crippen MR) is 104 cm³/mol. The molecule has 0 aromatic carbocycles. The molecule has 8 nitrogen and oxygen atoms in total. The van der Waals surface area contributed by atoms with Gasteiger partial charge in [0.1, 0.15) is 23.2 Å². The summed E-state index contributed by atoms with van der Waals surface area (Å²) in [5, 5.41) is 3.15. The summed E-state index contributed by atoms with van der Waals surface area (Å²) in [5.74, 6) is 2.78. The molecule has 1 aliphatic rings. The number of carbonyl (C=O) groups is 1. The minimum Gasteiger partial charge on any atom is -0.465 e. The van der Waals surface area contributed by atoms with Crippen molar-refractivity contribution in [3.05, 3.63) is 66.4 Å². The van der Waals surface area contributed by atoms with Crippen molar-refractivity contribution in [2.24, 2.45) is 0 Å². The number of furan rings is 1. The van der Waals surface area contributed by atoms with Crippen molar-refractivity contribution >= 4 is 23.6 Å². The van der Waals surface area contributed by atoms with Crippen LogP contribution in [0, 0.1) is 6.92 Å². The van der Waals surface area contributed by atoms with Gasteiger partial charge in [-0.05, 0) is 31.6 Å². The summed E-state index contributed by atoms with van der Waals surface area (Å²) in [6.45, 7) is 3.18. The largest absolute Gasteiger partial charge is 0.465 e. The van der Waals surface area contributed by atoms with E-state index in [2.05, 4.69) is 25.3 Å². The molecule has 3 aromatic rings. The molecular weight excluding hydrogens is 356 g/mol. The molecule has 0 unspecified atom stereocenters. The molecule has 0 saturated carbocycles. The average Bonchev–Trinajstić information content (AvgIpc) is 3.39. The van der Waals surface area contributed by atoms with Crippen molar-refractivity contribution in [3.63, 3.8) is 0 Å². The highest BCUT2D eigenvalue weighted by Crippen LogP contribution is 2.28. The van der Waals surface area contributed by atoms with Crippen molar-refractivity contribution in [1.29, 1.82) is 0 Å². The molecule has 4 heterocycles. The third-order valence-electron chi connectivity index (χ3n) is 4.53. The fourth-order valence-electron chi connectivity index (χ4n) is 3.21. The van der Waals surface area contributed by atoms with Gasteiger partial charge >= 0.3 is 0 Å². The first-order valence-electron chi connectivity index (χ1n) is 9.06. The van der Waals surface area contributed by atoms with Gasteiger partial charge in [0.25, 0.3) is 0 Å². The summed E-state index contributed by atoms with van der Waals surface area (Å²) in [4.78, 5) is 31.5. The first-order chi connectivity index (χ1) is 13.7. The number of nitrogens with one attached hydrogen (secondary N) is 1. The van der Waals surface area contributed by atoms with Gasteiger partial charge in [-0.3, -0.25) is 9.78 Å². The van der Waals surface area contributed by atoms with Crippen LogP contribution in [0.1, 0.15) is 29.6 Å². The van der Waals surface area contributed by atoms with Gasteiger partial charge < -0.3 is 14.6 Å². The van der Waals surface area contributed by atoms with E-state index in [1.807, 2.05) is 24.0 Å². The van der Waals surface area contributed by atoms with E-state index < -0.39 is 0 Å². The number of rotatable bonds is 5. The zero-order chi connectivity index (χ0) is 19.3. The van der Waals surface area contributed by atoms with E-state index in [-0.39, 0.29) is 11.8 Å². The Hall–Kier alpha value is -3.55. The molecule has 142 valence electrons. The van der Waals surface area contributed by atoms with E-state index in [1.54, 1.807) is 43.1 Å². The minimum absolute atomic E-state index is 0.0254. The van der Waals surface area contributed by atoms with Crippen LogP contribution in [0.5, 0.6) is 0 Å². The van der Waals surface area contributed by atoms with Crippen LogP contribution in [0.4, 0.5) is 11.6 Å². The van der Waals surface area contributed by atoms with Crippen molar-refractivity contribution in [3.8, 4) is 0 Å². The monoisotopic (exact) mass is 376 g/mol. The van der Waals surface area contributed by atoms with Crippen LogP contribution < -0.4 is 5.32 Å². The quantitative estimate of drug-likeness (QED) is 0.684. The molecule has 1 fully saturated rings. The highest BCUT2D eigenvalue weighted by Gasteiger charge is 2.27. The number of hydrogen-bond acceptors (Lipinski definition) is 7. The van der Waals surface area contributed by atoms with Gasteiger partial charge in [-0.2, -0.15) is 0 Å². The van der Waals surface area contributed by atoms with Gasteiger partial charge in [0.2, 0.25) is 5.91 Å². The number of hydrogen-bond donors (Lipinski definition) is 1. The fraction of sp³-hybridized carbons (Fsp3) is 0.250. The van der Waals surface area contributed by atoms with Crippen LogP contribution in [0.2, 0.25) is 0 Å². The van der Waals surface area contributed by atoms with Crippen molar-refractivity contribution < 1.29 is 9.21 Å². The van der Waals surface area contributed by atoms with E-state index in [9.17, 15) is 4.79 Å². The van der Waals surface area contributed by atoms with Gasteiger partial charge in [-0.25, -0.2) is 15.0 Å². The van der Waals surface area contributed by atoms with Crippen LogP contribution in [0.15, 0.2) is 53.5 Å². The molecule has 4 rings (SSSR count). The number of aryl methyl sites for hydroxylation is 1. The summed E-state index contributed by atoms with van der Waals surface area (Å²) >= 11 is 0. The lowest BCUT2D eigenvalue weighted by Crippen LogP contribution is -2.26. The van der Waals surface area contributed by atoms with E-state index in [0.717, 1.165) is 12.1 Å². The first kappa shape index (κ1) is 17.8. The molecule has 0 radical (unpaired) electrons. The van der Waals surface area contributed by atoms with Gasteiger partial charge in [-0.15, -0.1) is 0 Å². The van der Waals surface area contributed by atoms with Crippen molar-refractivity contribution in [2.75, 3.05) is 18.4 Å². The Bertz CT molecular complexity index is 972. The summed E-state index contributed by atoms with van der Waals surface area (Å²) in [5.41, 5.74) is 0.921. The van der Waals surface area contributed by atoms with E-state index >= 15 is 0 Å². The third kappa shape index (κ3) is 4.22. The van der Waals surface area contributed by atoms with E-state index in [0.29, 0.717) is 36.3 Å². The molecule has 0 bridgehead atoms. The maximum atomic E-state index is 12.4. The second-order valence-electron chi connectivity index (χ2n) is 6.56. The Morgan fingerprint density at radius 1 is 1.32 bits per heavy atom. The van der Waals surface area contributed by atoms with Gasteiger partial charge in [0.05, 0.1) is 18.2 Å². The Labute approximate surface area is 162 Å². The van der Waals surface area contributed by atoms with Gasteiger partial charge in [0.15, 0.2) is 0 Å². The molecule has 28 heavy (non-hydrogen) atoms. The smallest absolute Gasteiger partial charge is 0.246 e. The second-order valence-corrected chi connectivity index (χ2v) is 6.56. The van der Waals surface area contributed by atoms with E-state index in [4.69, 9.17) is 4.42 Å². The first-order valence-corrected chi connectivity index (χ1v) is 9.06. The van der Waals surface area contributed by atoms with Gasteiger partial charge in [0, 0.05) is 43.5 Å². The lowest BCUT2D eigenvalue weighted by Gasteiger charge is -2.15. The highest BCUT2D eigenvalue weighted by molar-refractivity contribution is 5.91. The molecule has 1 saturated heterocycles. The Kier molecular flexibility index (Phi) is 5.09. The average molecular weight is 376 g/mol. The standard InChI is InChI=1S/C20H20N6O2/c1-14-23-17(11-18(24-14)25-19-12-21-7-8-22-19)15-6-9-26(13-15)20(27)5-4-16-3-2-10-28-16/h2-5,7-8,10-12,15H,6,9,13H2,1H3,(H,22,23,24,25)/b5-4+/t15-/m1/s1. The Balaban J connectivity index is 1.44. The second kappa shape index (κ2) is 7.99. The Morgan fingerprint density at radius 3 is 3.04 bits per heavy atom. The maximum Gasteiger partial charge on any atom is 0.246 e. The SMILES string of the molecule is Cc1nc(Nc2cnccn2)cc([C@@H]2CCN(C(=O)/C=C/c3ccco3)C2)n1. The summed E-state index contributed by atoms with van der Waals surface area (Å²) in [6, 6.07) is 5.52. The van der Waals surface area contributed by atoms with Gasteiger partial charge in [-0.1, -0.05) is 0 Å². The summed E-state index contributed by atoms with van der Waals surface area (Å²) in [7, 11) is 0. The molecular formula is C20H20N6O2. The minimum atomic E-state index is -0.0254. The molecule has 3 aromatic heterocycles. The molecule has 0 aliphatic carbocycles. The third-order valence-corrected chi connectivity index (χ3v) is 4.53. The van der Waals surface area contributed by atoms with Crippen molar-refractivity contribution in [2.45, 2.75) is 19.3 Å². The normalized spacial score (nSPS) is 16.6. The molecule has 0 spiro atoms. The zero-order valence-electron chi connectivity index (χ0n) is 15.4. The van der Waals surface area contributed by atoms with Crippen LogP contribution in [0.3, 0.4) is 0 Å². The number of amides is 1. The fourth-order valence-corrected chi connectivity index (χ4v) is 3.21. The lowest BCUT2D eigenvalue weighted by atomic mass is 10.0. The van der Waals surface area contributed by atoms with Crippen LogP contribution in [0.25, 0.3) is 6.08 Å². The molecule has 1 aliphatic heterocycles. The zero-order valence-corrected chi connectivity index (χ0v) is 15.4. The lowest BCUT2D eigenvalue weighted by molar-refractivity contribution is -0.124. The topological polar surface area (TPSA) is 97.0 Å². The number of nitrogens with zero attached hydrogens (tertiary/aromatic N) is 5. The molecule has 1 amide bonds. The number of anilines is 2. The Morgan fingerprint density at radius 2 is 2.25 bits per heavy atom. The highest BCUT2D eigenvalue weighted by atomic mass is 16.3. The van der Waals surface area contributed by atoms with Crippen LogP contribution >= 0.6 is 0 Å².